The second-order valence-electron chi connectivity index (χ2n) is 5.50. The standard InChI is InChI=1S/C16H21N3O3S/c1-13(2)23(21,22)15-7-4-3-6-14(15)16(20)18-8-5-10-19-11-9-17-12-19/h3-4,6-7,9,11-13H,5,8,10H2,1-2H3,(H,18,20). The van der Waals surface area contributed by atoms with Gasteiger partial charge in [-0.2, -0.15) is 0 Å². The van der Waals surface area contributed by atoms with Gasteiger partial charge in [-0.1, -0.05) is 12.1 Å². The van der Waals surface area contributed by atoms with E-state index in [4.69, 9.17) is 0 Å². The van der Waals surface area contributed by atoms with Crippen molar-refractivity contribution in [3.05, 3.63) is 48.5 Å². The summed E-state index contributed by atoms with van der Waals surface area (Å²) in [6.45, 7) is 4.42. The van der Waals surface area contributed by atoms with Gasteiger partial charge in [0.2, 0.25) is 0 Å². The number of benzene rings is 1. The Labute approximate surface area is 136 Å². The molecule has 2 rings (SSSR count). The summed E-state index contributed by atoms with van der Waals surface area (Å²) in [5, 5.41) is 2.20. The third-order valence-electron chi connectivity index (χ3n) is 3.50. The highest BCUT2D eigenvalue weighted by molar-refractivity contribution is 7.92. The summed E-state index contributed by atoms with van der Waals surface area (Å²) in [6, 6.07) is 6.32. The summed E-state index contributed by atoms with van der Waals surface area (Å²) in [7, 11) is -3.49. The smallest absolute Gasteiger partial charge is 0.252 e. The molecule has 0 saturated heterocycles. The van der Waals surface area contributed by atoms with Gasteiger partial charge in [-0.15, -0.1) is 0 Å². The third-order valence-corrected chi connectivity index (χ3v) is 5.71. The maximum atomic E-state index is 12.4. The predicted molar refractivity (Wildman–Crippen MR) is 87.9 cm³/mol. The van der Waals surface area contributed by atoms with Crippen molar-refractivity contribution in [2.24, 2.45) is 0 Å². The Kier molecular flexibility index (Phi) is 5.54. The minimum Gasteiger partial charge on any atom is -0.352 e. The number of hydrogen-bond donors (Lipinski definition) is 1. The summed E-state index contributed by atoms with van der Waals surface area (Å²) in [5.41, 5.74) is 0.198. The van der Waals surface area contributed by atoms with Crippen molar-refractivity contribution in [2.45, 2.75) is 37.0 Å². The van der Waals surface area contributed by atoms with Crippen LogP contribution in [-0.2, 0) is 16.4 Å². The van der Waals surface area contributed by atoms with Gasteiger partial charge in [0, 0.05) is 25.5 Å². The molecule has 1 heterocycles. The number of hydrogen-bond acceptors (Lipinski definition) is 4. The van der Waals surface area contributed by atoms with E-state index in [0.29, 0.717) is 6.54 Å². The molecule has 7 heteroatoms. The van der Waals surface area contributed by atoms with Crippen molar-refractivity contribution in [2.75, 3.05) is 6.54 Å². The molecular formula is C16H21N3O3S. The zero-order valence-electron chi connectivity index (χ0n) is 13.3. The molecule has 0 aliphatic rings. The highest BCUT2D eigenvalue weighted by Crippen LogP contribution is 2.20. The molecule has 0 aliphatic heterocycles. The van der Waals surface area contributed by atoms with Crippen molar-refractivity contribution < 1.29 is 13.2 Å². The largest absolute Gasteiger partial charge is 0.352 e. The molecule has 1 amide bonds. The monoisotopic (exact) mass is 335 g/mol. The van der Waals surface area contributed by atoms with Crippen LogP contribution in [-0.4, -0.2) is 35.7 Å². The van der Waals surface area contributed by atoms with Crippen LogP contribution in [0.15, 0.2) is 47.9 Å². The molecule has 0 bridgehead atoms. The van der Waals surface area contributed by atoms with Gasteiger partial charge in [0.1, 0.15) is 0 Å². The topological polar surface area (TPSA) is 81.1 Å². The van der Waals surface area contributed by atoms with Gasteiger partial charge in [0.15, 0.2) is 9.84 Å². The Morgan fingerprint density at radius 3 is 2.70 bits per heavy atom. The van der Waals surface area contributed by atoms with Crippen molar-refractivity contribution in [3.8, 4) is 0 Å². The molecule has 23 heavy (non-hydrogen) atoms. The van der Waals surface area contributed by atoms with E-state index in [1.165, 1.54) is 6.07 Å². The molecule has 0 unspecified atom stereocenters. The van der Waals surface area contributed by atoms with E-state index in [-0.39, 0.29) is 16.4 Å². The van der Waals surface area contributed by atoms with Crippen LogP contribution in [0.25, 0.3) is 0 Å². The van der Waals surface area contributed by atoms with E-state index in [1.54, 1.807) is 44.6 Å². The van der Waals surface area contributed by atoms with Crippen LogP contribution in [0, 0.1) is 0 Å². The molecule has 0 aliphatic carbocycles. The summed E-state index contributed by atoms with van der Waals surface area (Å²) in [5.74, 6) is -0.365. The number of carbonyl (C=O) groups excluding carboxylic acids is 1. The number of rotatable bonds is 7. The number of carbonyl (C=O) groups is 1. The third kappa shape index (κ3) is 4.19. The summed E-state index contributed by atoms with van der Waals surface area (Å²) >= 11 is 0. The summed E-state index contributed by atoms with van der Waals surface area (Å²) < 4.78 is 26.6. The molecule has 0 radical (unpaired) electrons. The highest BCUT2D eigenvalue weighted by Gasteiger charge is 2.24. The fourth-order valence-electron chi connectivity index (χ4n) is 2.13. The molecule has 0 fully saturated rings. The van der Waals surface area contributed by atoms with Crippen LogP contribution in [0.4, 0.5) is 0 Å². The number of aromatic nitrogens is 2. The number of sulfone groups is 1. The first-order valence-corrected chi connectivity index (χ1v) is 9.04. The van der Waals surface area contributed by atoms with Gasteiger partial charge in [0.05, 0.1) is 22.0 Å². The second-order valence-corrected chi connectivity index (χ2v) is 7.97. The van der Waals surface area contributed by atoms with Crippen molar-refractivity contribution in [3.63, 3.8) is 0 Å². The average Bonchev–Trinajstić information content (AvgIpc) is 3.04. The lowest BCUT2D eigenvalue weighted by molar-refractivity contribution is 0.0949. The summed E-state index contributed by atoms with van der Waals surface area (Å²) in [6.07, 6.45) is 6.01. The van der Waals surface area contributed by atoms with Crippen LogP contribution < -0.4 is 5.32 Å². The van der Waals surface area contributed by atoms with E-state index in [2.05, 4.69) is 10.3 Å². The molecule has 0 atom stereocenters. The zero-order valence-corrected chi connectivity index (χ0v) is 14.1. The fourth-order valence-corrected chi connectivity index (χ4v) is 3.38. The van der Waals surface area contributed by atoms with E-state index in [9.17, 15) is 13.2 Å². The van der Waals surface area contributed by atoms with Crippen molar-refractivity contribution in [1.82, 2.24) is 14.9 Å². The minimum atomic E-state index is -3.49. The van der Waals surface area contributed by atoms with Crippen molar-refractivity contribution in [1.29, 1.82) is 0 Å². The molecule has 1 aromatic carbocycles. The van der Waals surface area contributed by atoms with Gasteiger partial charge < -0.3 is 9.88 Å². The lowest BCUT2D eigenvalue weighted by atomic mass is 10.2. The van der Waals surface area contributed by atoms with Crippen LogP contribution in [0.5, 0.6) is 0 Å². The Morgan fingerprint density at radius 2 is 2.04 bits per heavy atom. The molecule has 2 aromatic rings. The van der Waals surface area contributed by atoms with E-state index in [1.807, 2.05) is 10.8 Å². The number of amides is 1. The quantitative estimate of drug-likeness (QED) is 0.784. The van der Waals surface area contributed by atoms with Gasteiger partial charge in [-0.3, -0.25) is 4.79 Å². The molecule has 6 nitrogen and oxygen atoms in total. The van der Waals surface area contributed by atoms with E-state index >= 15 is 0 Å². The summed E-state index contributed by atoms with van der Waals surface area (Å²) in [4.78, 5) is 16.3. The van der Waals surface area contributed by atoms with Crippen LogP contribution in [0.3, 0.4) is 0 Å². The lowest BCUT2D eigenvalue weighted by Crippen LogP contribution is -2.28. The first-order valence-electron chi connectivity index (χ1n) is 7.50. The lowest BCUT2D eigenvalue weighted by Gasteiger charge is -2.13. The van der Waals surface area contributed by atoms with E-state index < -0.39 is 15.1 Å². The number of aryl methyl sites for hydroxylation is 1. The van der Waals surface area contributed by atoms with Gasteiger partial charge in [0.25, 0.3) is 5.91 Å². The molecule has 0 spiro atoms. The first kappa shape index (κ1) is 17.2. The average molecular weight is 335 g/mol. The number of imidazole rings is 1. The normalized spacial score (nSPS) is 11.6. The zero-order chi connectivity index (χ0) is 16.9. The molecule has 0 saturated carbocycles. The number of nitrogens with zero attached hydrogens (tertiary/aromatic N) is 2. The van der Waals surface area contributed by atoms with Gasteiger partial charge >= 0.3 is 0 Å². The Balaban J connectivity index is 2.02. The van der Waals surface area contributed by atoms with Crippen LogP contribution >= 0.6 is 0 Å². The predicted octanol–water partition coefficient (Wildman–Crippen LogP) is 1.89. The van der Waals surface area contributed by atoms with Crippen LogP contribution in [0.1, 0.15) is 30.6 Å². The Morgan fingerprint density at radius 1 is 1.30 bits per heavy atom. The Hall–Kier alpha value is -2.15. The first-order chi connectivity index (χ1) is 10.9. The fraction of sp³-hybridized carbons (Fsp3) is 0.375. The van der Waals surface area contributed by atoms with E-state index in [0.717, 1.165) is 13.0 Å². The van der Waals surface area contributed by atoms with Gasteiger partial charge in [-0.05, 0) is 32.4 Å². The maximum Gasteiger partial charge on any atom is 0.252 e. The maximum absolute atomic E-state index is 12.4. The Bertz CT molecular complexity index is 753. The molecule has 124 valence electrons. The molecular weight excluding hydrogens is 314 g/mol. The second kappa shape index (κ2) is 7.41. The van der Waals surface area contributed by atoms with Crippen LogP contribution in [0.2, 0.25) is 0 Å². The highest BCUT2D eigenvalue weighted by atomic mass is 32.2. The SMILES string of the molecule is CC(C)S(=O)(=O)c1ccccc1C(=O)NCCCn1ccnc1. The minimum absolute atomic E-state index is 0.0853. The van der Waals surface area contributed by atoms with Gasteiger partial charge in [-0.25, -0.2) is 13.4 Å². The molecule has 1 N–H and O–H groups in total. The number of nitrogens with one attached hydrogen (secondary N) is 1. The molecule has 1 aromatic heterocycles. The van der Waals surface area contributed by atoms with Crippen molar-refractivity contribution >= 4 is 15.7 Å².